The summed E-state index contributed by atoms with van der Waals surface area (Å²) >= 11 is 1.81. The van der Waals surface area contributed by atoms with Gasteiger partial charge < -0.3 is 5.32 Å². The molecule has 0 radical (unpaired) electrons. The van der Waals surface area contributed by atoms with E-state index in [2.05, 4.69) is 61.4 Å². The number of rotatable bonds is 5. The Kier molecular flexibility index (Phi) is 4.50. The van der Waals surface area contributed by atoms with Crippen LogP contribution < -0.4 is 5.32 Å². The lowest BCUT2D eigenvalue weighted by Crippen LogP contribution is -2.22. The average molecular weight is 260 g/mol. The minimum Gasteiger partial charge on any atom is -0.309 e. The highest BCUT2D eigenvalue weighted by atomic mass is 32.1. The zero-order valence-corrected chi connectivity index (χ0v) is 12.1. The Morgan fingerprint density at radius 1 is 1.22 bits per heavy atom. The van der Waals surface area contributed by atoms with Crippen LogP contribution in [0.25, 0.3) is 0 Å². The van der Waals surface area contributed by atoms with Crippen molar-refractivity contribution >= 4 is 11.3 Å². The molecule has 1 N–H and O–H groups in total. The lowest BCUT2D eigenvalue weighted by Gasteiger charge is -2.17. The van der Waals surface area contributed by atoms with Gasteiger partial charge in [0.05, 0.1) is 10.7 Å². The van der Waals surface area contributed by atoms with E-state index in [1.807, 2.05) is 11.3 Å². The number of nitrogens with one attached hydrogen (secondary N) is 1. The fourth-order valence-electron chi connectivity index (χ4n) is 2.22. The average Bonchev–Trinajstić information content (AvgIpc) is 2.69. The maximum absolute atomic E-state index is 4.53. The van der Waals surface area contributed by atoms with Crippen molar-refractivity contribution in [2.24, 2.45) is 0 Å². The van der Waals surface area contributed by atoms with Crippen LogP contribution >= 0.6 is 11.3 Å². The Morgan fingerprint density at radius 2 is 1.94 bits per heavy atom. The predicted molar refractivity (Wildman–Crippen MR) is 78.2 cm³/mol. The van der Waals surface area contributed by atoms with E-state index >= 15 is 0 Å². The molecule has 0 aliphatic carbocycles. The second-order valence-corrected chi connectivity index (χ2v) is 5.72. The van der Waals surface area contributed by atoms with Gasteiger partial charge >= 0.3 is 0 Å². The summed E-state index contributed by atoms with van der Waals surface area (Å²) in [5.74, 6) is 0. The number of likely N-dealkylation sites (N-methyl/N-ethyl adjacent to an activating group) is 1. The molecule has 1 atom stereocenters. The van der Waals surface area contributed by atoms with E-state index in [0.29, 0.717) is 6.04 Å². The Morgan fingerprint density at radius 3 is 2.50 bits per heavy atom. The van der Waals surface area contributed by atoms with Gasteiger partial charge in [0, 0.05) is 10.9 Å². The molecule has 0 saturated carbocycles. The number of nitrogens with zero attached hydrogens (tertiary/aromatic N) is 1. The van der Waals surface area contributed by atoms with Crippen molar-refractivity contribution < 1.29 is 0 Å². The molecule has 1 aromatic carbocycles. The minimum absolute atomic E-state index is 0.378. The molecule has 0 saturated heterocycles. The van der Waals surface area contributed by atoms with Gasteiger partial charge in [-0.15, -0.1) is 11.3 Å². The number of benzene rings is 1. The van der Waals surface area contributed by atoms with Crippen molar-refractivity contribution in [1.82, 2.24) is 10.3 Å². The van der Waals surface area contributed by atoms with Crippen molar-refractivity contribution in [3.63, 3.8) is 0 Å². The van der Waals surface area contributed by atoms with E-state index in [9.17, 15) is 0 Å². The second kappa shape index (κ2) is 6.12. The zero-order chi connectivity index (χ0) is 13.0. The van der Waals surface area contributed by atoms with Gasteiger partial charge in [0.25, 0.3) is 0 Å². The number of aromatic nitrogens is 1. The van der Waals surface area contributed by atoms with E-state index in [-0.39, 0.29) is 0 Å². The number of thiazole rings is 1. The number of hydrogen-bond acceptors (Lipinski definition) is 3. The fraction of sp³-hybridized carbons (Fsp3) is 0.400. The highest BCUT2D eigenvalue weighted by molar-refractivity contribution is 7.11. The van der Waals surface area contributed by atoms with Gasteiger partial charge in [-0.25, -0.2) is 4.98 Å². The summed E-state index contributed by atoms with van der Waals surface area (Å²) in [6, 6.07) is 11.0. The normalized spacial score (nSPS) is 12.6. The van der Waals surface area contributed by atoms with Crippen molar-refractivity contribution in [3.8, 4) is 0 Å². The number of hydrogen-bond donors (Lipinski definition) is 1. The van der Waals surface area contributed by atoms with Gasteiger partial charge in [-0.3, -0.25) is 0 Å². The van der Waals surface area contributed by atoms with Crippen LogP contribution in [0.15, 0.2) is 30.3 Å². The molecule has 0 aliphatic heterocycles. The quantitative estimate of drug-likeness (QED) is 0.887. The first-order valence-electron chi connectivity index (χ1n) is 6.42. The lowest BCUT2D eigenvalue weighted by molar-refractivity contribution is 0.555. The van der Waals surface area contributed by atoms with E-state index in [0.717, 1.165) is 18.0 Å². The van der Waals surface area contributed by atoms with Crippen LogP contribution in [0.1, 0.15) is 34.1 Å². The first-order valence-corrected chi connectivity index (χ1v) is 7.23. The molecule has 0 fully saturated rings. The molecular formula is C15H20N2S. The highest BCUT2D eigenvalue weighted by Gasteiger charge is 2.16. The highest BCUT2D eigenvalue weighted by Crippen LogP contribution is 2.27. The molecule has 3 heteroatoms. The van der Waals surface area contributed by atoms with Crippen molar-refractivity contribution in [2.45, 2.75) is 33.2 Å². The molecule has 96 valence electrons. The van der Waals surface area contributed by atoms with Crippen molar-refractivity contribution in [3.05, 3.63) is 51.5 Å². The van der Waals surface area contributed by atoms with Crippen LogP contribution in [0, 0.1) is 13.8 Å². The zero-order valence-electron chi connectivity index (χ0n) is 11.2. The van der Waals surface area contributed by atoms with Crippen LogP contribution in [0.4, 0.5) is 0 Å². The minimum atomic E-state index is 0.378. The molecular weight excluding hydrogens is 240 g/mol. The van der Waals surface area contributed by atoms with Crippen LogP contribution in [-0.2, 0) is 6.42 Å². The summed E-state index contributed by atoms with van der Waals surface area (Å²) in [6.07, 6.45) is 1.02. The van der Waals surface area contributed by atoms with Crippen molar-refractivity contribution in [2.75, 3.05) is 6.54 Å². The topological polar surface area (TPSA) is 24.9 Å². The smallest absolute Gasteiger partial charge is 0.0900 e. The number of aryl methyl sites for hydroxylation is 2. The molecule has 0 spiro atoms. The summed E-state index contributed by atoms with van der Waals surface area (Å²) < 4.78 is 0. The van der Waals surface area contributed by atoms with Gasteiger partial charge in [-0.05, 0) is 32.4 Å². The summed E-state index contributed by atoms with van der Waals surface area (Å²) in [5, 5.41) is 4.72. The Labute approximate surface area is 113 Å². The van der Waals surface area contributed by atoms with Crippen LogP contribution in [0.2, 0.25) is 0 Å². The third kappa shape index (κ3) is 3.18. The summed E-state index contributed by atoms with van der Waals surface area (Å²) in [6.45, 7) is 7.32. The molecule has 2 nitrogen and oxygen atoms in total. The molecule has 0 bridgehead atoms. The maximum Gasteiger partial charge on any atom is 0.0900 e. The van der Waals surface area contributed by atoms with E-state index in [1.54, 1.807) is 0 Å². The predicted octanol–water partition coefficient (Wildman–Crippen LogP) is 3.65. The van der Waals surface area contributed by atoms with Gasteiger partial charge in [0.15, 0.2) is 0 Å². The van der Waals surface area contributed by atoms with Gasteiger partial charge in [0.2, 0.25) is 0 Å². The molecule has 18 heavy (non-hydrogen) atoms. The molecule has 0 aliphatic rings. The Balaban J connectivity index is 2.21. The lowest BCUT2D eigenvalue weighted by atomic mass is 10.0. The third-order valence-electron chi connectivity index (χ3n) is 2.99. The molecule has 1 aromatic heterocycles. The molecule has 1 heterocycles. The molecule has 2 rings (SSSR count). The van der Waals surface area contributed by atoms with Crippen LogP contribution in [-0.4, -0.2) is 11.5 Å². The van der Waals surface area contributed by atoms with E-state index in [1.165, 1.54) is 16.1 Å². The third-order valence-corrected chi connectivity index (χ3v) is 4.18. The second-order valence-electron chi connectivity index (χ2n) is 4.48. The monoisotopic (exact) mass is 260 g/mol. The molecule has 1 unspecified atom stereocenters. The van der Waals surface area contributed by atoms with Gasteiger partial charge in [-0.2, -0.15) is 0 Å². The van der Waals surface area contributed by atoms with E-state index < -0.39 is 0 Å². The first-order chi connectivity index (χ1) is 8.70. The van der Waals surface area contributed by atoms with Crippen LogP contribution in [0.5, 0.6) is 0 Å². The van der Waals surface area contributed by atoms with Crippen LogP contribution in [0.3, 0.4) is 0 Å². The standard InChI is InChI=1S/C15H20N2S/c1-4-16-14(10-13-8-6-5-7-9-13)15-11(2)17-12(3)18-15/h5-9,14,16H,4,10H2,1-3H3. The van der Waals surface area contributed by atoms with Gasteiger partial charge in [0.1, 0.15) is 0 Å². The largest absolute Gasteiger partial charge is 0.309 e. The Bertz CT molecular complexity index is 490. The van der Waals surface area contributed by atoms with Gasteiger partial charge in [-0.1, -0.05) is 37.3 Å². The summed E-state index contributed by atoms with van der Waals surface area (Å²) in [4.78, 5) is 5.91. The molecule has 2 aromatic rings. The Hall–Kier alpha value is -1.19. The fourth-order valence-corrected chi connectivity index (χ4v) is 3.23. The van der Waals surface area contributed by atoms with E-state index in [4.69, 9.17) is 0 Å². The summed E-state index contributed by atoms with van der Waals surface area (Å²) in [5.41, 5.74) is 2.54. The molecule has 0 amide bonds. The van der Waals surface area contributed by atoms with Crippen molar-refractivity contribution in [1.29, 1.82) is 0 Å². The summed E-state index contributed by atoms with van der Waals surface area (Å²) in [7, 11) is 0. The SMILES string of the molecule is CCNC(Cc1ccccc1)c1sc(C)nc1C. The first kappa shape index (κ1) is 13.2. The maximum atomic E-state index is 4.53.